The summed E-state index contributed by atoms with van der Waals surface area (Å²) in [4.78, 5) is 48.8. The summed E-state index contributed by atoms with van der Waals surface area (Å²) in [5.74, 6) is -1.69. The monoisotopic (exact) mass is 718 g/mol. The molecule has 1 aromatic rings. The summed E-state index contributed by atoms with van der Waals surface area (Å²) in [6.45, 7) is 0.0848. The van der Waals surface area contributed by atoms with Gasteiger partial charge in [0.25, 0.3) is 5.91 Å². The molecule has 4 atom stereocenters. The van der Waals surface area contributed by atoms with Crippen LogP contribution in [0, 0.1) is 0 Å². The van der Waals surface area contributed by atoms with Crippen molar-refractivity contribution in [2.24, 2.45) is 14.5 Å². The van der Waals surface area contributed by atoms with E-state index in [0.29, 0.717) is 12.0 Å². The van der Waals surface area contributed by atoms with Gasteiger partial charge in [-0.1, -0.05) is 52.0 Å². The summed E-state index contributed by atoms with van der Waals surface area (Å²) in [5.41, 5.74) is 9.57. The van der Waals surface area contributed by atoms with Crippen molar-refractivity contribution in [2.75, 3.05) is 26.3 Å². The summed E-state index contributed by atoms with van der Waals surface area (Å²) < 4.78 is 36.2. The van der Waals surface area contributed by atoms with Crippen LogP contribution in [0.5, 0.6) is 0 Å². The van der Waals surface area contributed by atoms with Gasteiger partial charge in [0.15, 0.2) is 0 Å². The highest BCUT2D eigenvalue weighted by atomic mass is 35.6. The predicted molar refractivity (Wildman–Crippen MR) is 167 cm³/mol. The van der Waals surface area contributed by atoms with Gasteiger partial charge in [-0.25, -0.2) is 4.79 Å². The molecule has 0 radical (unpaired) electrons. The van der Waals surface area contributed by atoms with Crippen LogP contribution in [0.2, 0.25) is 0 Å². The number of hydrogen-bond acceptors (Lipinski definition) is 8. The molecule has 2 amide bonds. The third-order valence-corrected chi connectivity index (χ3v) is 9.09. The molecule has 0 saturated carbocycles. The van der Waals surface area contributed by atoms with Crippen molar-refractivity contribution in [3.8, 4) is 0 Å². The topological polar surface area (TPSA) is 229 Å². The largest absolute Gasteiger partial charge is 0.443 e. The number of guanidine groups is 2. The lowest BCUT2D eigenvalue weighted by atomic mass is 9.87. The Morgan fingerprint density at radius 3 is 2.72 bits per heavy atom. The average molecular weight is 720 g/mol. The molecule has 1 spiro atoms. The van der Waals surface area contributed by atoms with E-state index in [4.69, 9.17) is 49.3 Å². The van der Waals surface area contributed by atoms with Crippen molar-refractivity contribution in [3.63, 3.8) is 0 Å². The molecule has 1 aromatic carbocycles. The molecule has 248 valence electrons. The average Bonchev–Trinajstić information content (AvgIpc) is 3.50. The number of rotatable bonds is 8. The summed E-state index contributed by atoms with van der Waals surface area (Å²) in [6, 6.07) is 2.23. The number of carbonyl (C=O) groups is 3. The first-order valence-electron chi connectivity index (χ1n) is 14.1. The summed E-state index contributed by atoms with van der Waals surface area (Å²) in [6.07, 6.45) is 2.29. The van der Waals surface area contributed by atoms with E-state index in [0.717, 1.165) is 30.4 Å². The van der Waals surface area contributed by atoms with Crippen molar-refractivity contribution < 1.29 is 31.7 Å². The van der Waals surface area contributed by atoms with Crippen molar-refractivity contribution in [3.05, 3.63) is 45.3 Å². The lowest BCUT2D eigenvalue weighted by Gasteiger charge is -2.46. The molecule has 21 heteroatoms. The zero-order valence-corrected chi connectivity index (χ0v) is 27.3. The lowest BCUT2D eigenvalue weighted by molar-refractivity contribution is -0.127. The third-order valence-electron chi connectivity index (χ3n) is 7.82. The normalized spacial score (nSPS) is 27.0. The molecule has 0 aromatic heterocycles. The molecule has 3 aliphatic heterocycles. The van der Waals surface area contributed by atoms with Crippen molar-refractivity contribution >= 4 is 74.8 Å². The summed E-state index contributed by atoms with van der Waals surface area (Å²) in [7, 11) is -4.45. The smallest absolute Gasteiger partial charge is 0.436 e. The first-order chi connectivity index (χ1) is 21.8. The molecule has 3 fully saturated rings. The molecule has 3 heterocycles. The Balaban J connectivity index is 1.54. The van der Waals surface area contributed by atoms with Crippen LogP contribution in [0.3, 0.4) is 0 Å². The number of hydrogen-bond donors (Lipinski definition) is 4. The van der Waals surface area contributed by atoms with Gasteiger partial charge in [0.2, 0.25) is 27.2 Å². The Labute approximate surface area is 278 Å². The number of nitrogens with one attached hydrogen (secondary N) is 4. The zero-order chi connectivity index (χ0) is 33.3. The lowest BCUT2D eigenvalue weighted by Crippen LogP contribution is -2.76. The molecule has 5 rings (SSSR count). The quantitative estimate of drug-likeness (QED) is 0.131. The number of ketones is 1. The Hall–Kier alpha value is -3.54. The van der Waals surface area contributed by atoms with Crippen LogP contribution >= 0.6 is 34.8 Å². The van der Waals surface area contributed by atoms with Gasteiger partial charge in [0.1, 0.15) is 12.6 Å². The van der Waals surface area contributed by atoms with Crippen LogP contribution in [0.4, 0.5) is 4.79 Å². The van der Waals surface area contributed by atoms with Crippen LogP contribution < -0.4 is 21.3 Å². The maximum Gasteiger partial charge on any atom is 0.436 e. The van der Waals surface area contributed by atoms with Crippen molar-refractivity contribution in [1.82, 2.24) is 26.2 Å². The number of azide groups is 1. The van der Waals surface area contributed by atoms with E-state index in [-0.39, 0.29) is 31.6 Å². The Morgan fingerprint density at radius 1 is 1.24 bits per heavy atom. The van der Waals surface area contributed by atoms with E-state index >= 15 is 0 Å². The van der Waals surface area contributed by atoms with Crippen LogP contribution in [0.25, 0.3) is 10.4 Å². The Kier molecular flexibility index (Phi) is 9.77. The summed E-state index contributed by atoms with van der Waals surface area (Å²) in [5, 5.41) is 15.0. The zero-order valence-electron chi connectivity index (χ0n) is 24.2. The second kappa shape index (κ2) is 13.3. The molecule has 17 nitrogen and oxygen atoms in total. The van der Waals surface area contributed by atoms with Gasteiger partial charge in [-0.3, -0.25) is 13.8 Å². The molecule has 46 heavy (non-hydrogen) atoms. The number of nitrogens with zero attached hydrogens (tertiary/aromatic N) is 6. The number of fused-ring (bicyclic) bond motifs is 1. The van der Waals surface area contributed by atoms with Crippen LogP contribution in [-0.2, 0) is 36.9 Å². The van der Waals surface area contributed by atoms with Crippen molar-refractivity contribution in [1.29, 1.82) is 0 Å². The van der Waals surface area contributed by atoms with Crippen LogP contribution in [-0.4, -0.2) is 96.9 Å². The molecular weight excluding hydrogens is 691 g/mol. The van der Waals surface area contributed by atoms with Crippen LogP contribution in [0.15, 0.2) is 32.7 Å². The second-order valence-corrected chi connectivity index (χ2v) is 14.5. The highest BCUT2D eigenvalue weighted by Crippen LogP contribution is 2.36. The molecule has 4 aliphatic rings. The Bertz CT molecular complexity index is 1650. The molecule has 0 bridgehead atoms. The van der Waals surface area contributed by atoms with E-state index in [2.05, 4.69) is 40.7 Å². The molecule has 0 unspecified atom stereocenters. The first-order valence-corrected chi connectivity index (χ1v) is 16.6. The maximum absolute atomic E-state index is 14.4. The van der Waals surface area contributed by atoms with Gasteiger partial charge in [-0.15, -0.1) is 9.39 Å². The number of aryl methyl sites for hydroxylation is 1. The number of halogens is 3. The summed E-state index contributed by atoms with van der Waals surface area (Å²) >= 11 is 17.1. The molecular formula is C25H29Cl3N10O7S. The van der Waals surface area contributed by atoms with Gasteiger partial charge in [-0.05, 0) is 55.3 Å². The van der Waals surface area contributed by atoms with Gasteiger partial charge in [0.05, 0.1) is 25.2 Å². The van der Waals surface area contributed by atoms with E-state index < -0.39 is 62.3 Å². The second-order valence-electron chi connectivity index (χ2n) is 10.7. The number of aliphatic imine (C=N–C) groups is 1. The van der Waals surface area contributed by atoms with Crippen LogP contribution in [0.1, 0.15) is 41.3 Å². The van der Waals surface area contributed by atoms with E-state index in [1.54, 1.807) is 12.1 Å². The fourth-order valence-electron chi connectivity index (χ4n) is 6.08. The molecule has 3 saturated heterocycles. The van der Waals surface area contributed by atoms with Crippen molar-refractivity contribution in [2.45, 2.75) is 60.2 Å². The maximum atomic E-state index is 14.4. The molecule has 4 N–H and O–H groups in total. The standard InChI is InChI=1S/C25H29Cl3N10O7S/c1-2-45-46(42,43)36-21-33-18-16(10-30-37-29)32-22(34-23(41)44-12-24(26,27)28)38-11-17(19(39)25(18,38)35-21)31-20(40)15-9-5-7-13-6-3-4-8-14(13)15/h5,7,9,16-18H,2-4,6,8,10-12H2,1H3,(H,31,40)(H,32,34,41)(H2,33,35,36)/t16-,17+,18-,25-/m0/s1. The highest BCUT2D eigenvalue weighted by Gasteiger charge is 2.67. The third kappa shape index (κ3) is 6.91. The molecule has 1 aliphatic carbocycles. The number of ether oxygens (including phenoxy) is 1. The van der Waals surface area contributed by atoms with Gasteiger partial charge in [-0.2, -0.15) is 8.42 Å². The highest BCUT2D eigenvalue weighted by molar-refractivity contribution is 7.85. The van der Waals surface area contributed by atoms with E-state index in [9.17, 15) is 22.8 Å². The van der Waals surface area contributed by atoms with Gasteiger partial charge in [0, 0.05) is 17.0 Å². The minimum absolute atomic E-state index is 0.204. The number of amides is 2. The SMILES string of the molecule is CCOS(=O)(=O)/N=C1/N[C@H]2[C@H](CN=[N+]=[N-])N/C(=N\C(=O)OCC(Cl)(Cl)Cl)N3C[C@@H](NC(=O)c4cccc5c4CCCC5)C(=O)[C@]23N1. The minimum atomic E-state index is -4.45. The minimum Gasteiger partial charge on any atom is -0.443 e. The van der Waals surface area contributed by atoms with E-state index in [1.165, 1.54) is 11.8 Å². The van der Waals surface area contributed by atoms with Gasteiger partial charge < -0.3 is 30.9 Å². The van der Waals surface area contributed by atoms with Gasteiger partial charge >= 0.3 is 16.4 Å². The fraction of sp³-hybridized carbons (Fsp3) is 0.560. The number of alkyl halides is 3. The fourth-order valence-corrected chi connectivity index (χ4v) is 6.92. The number of Topliss-reactive ketones (excluding diaryl/α,β-unsaturated/α-hetero) is 1. The first kappa shape index (κ1) is 33.8. The Morgan fingerprint density at radius 2 is 2.00 bits per heavy atom. The predicted octanol–water partition coefficient (Wildman–Crippen LogP) is 1.59. The number of benzene rings is 1. The van der Waals surface area contributed by atoms with E-state index in [1.807, 2.05) is 6.07 Å². The number of carbonyl (C=O) groups excluding carboxylic acids is 3.